The number of para-hydroxylation sites is 1. The number of pyridine rings is 1. The average molecular weight is 314 g/mol. The molecule has 0 bridgehead atoms. The zero-order chi connectivity index (χ0) is 15.5. The quantitative estimate of drug-likeness (QED) is 0.589. The number of benzene rings is 1. The largest absolute Gasteiger partial charge is 0.465 e. The normalized spacial score (nSPS) is 10.8. The third kappa shape index (κ3) is 2.67. The van der Waals surface area contributed by atoms with Crippen LogP contribution in [0.4, 0.5) is 0 Å². The van der Waals surface area contributed by atoms with E-state index >= 15 is 0 Å². The number of aromatic amines is 1. The molecule has 0 saturated heterocycles. The summed E-state index contributed by atoms with van der Waals surface area (Å²) in [5.74, 6) is 0.134. The van der Waals surface area contributed by atoms with Crippen LogP contribution < -0.4 is 0 Å². The zero-order valence-electron chi connectivity index (χ0n) is 12.2. The summed E-state index contributed by atoms with van der Waals surface area (Å²) in [5.41, 5.74) is 2.95. The van der Waals surface area contributed by atoms with Gasteiger partial charge in [-0.05, 0) is 18.6 Å². The molecule has 0 saturated carbocycles. The number of rotatable bonds is 4. The zero-order valence-corrected chi connectivity index (χ0v) is 13.0. The Morgan fingerprint density at radius 2 is 2.18 bits per heavy atom. The van der Waals surface area contributed by atoms with Crippen LogP contribution in [0.3, 0.4) is 0 Å². The second-order valence-electron chi connectivity index (χ2n) is 4.65. The van der Waals surface area contributed by atoms with Crippen molar-refractivity contribution in [3.05, 3.63) is 47.4 Å². The average Bonchev–Trinajstić information content (AvgIpc) is 3.06. The van der Waals surface area contributed by atoms with Crippen molar-refractivity contribution >= 4 is 28.6 Å². The van der Waals surface area contributed by atoms with Crippen LogP contribution in [0.2, 0.25) is 0 Å². The molecule has 2 heterocycles. The highest BCUT2D eigenvalue weighted by Crippen LogP contribution is 2.27. The van der Waals surface area contributed by atoms with Crippen molar-refractivity contribution in [1.82, 2.24) is 20.2 Å². The van der Waals surface area contributed by atoms with Gasteiger partial charge in [-0.3, -0.25) is 10.1 Å². The van der Waals surface area contributed by atoms with Crippen LogP contribution in [-0.2, 0) is 10.5 Å². The predicted octanol–water partition coefficient (Wildman–Crippen LogP) is 2.74. The SMILES string of the molecule is COC(=O)c1c(CSc2ncn[nH]2)nc2ccccc2c1C. The van der Waals surface area contributed by atoms with E-state index in [1.165, 1.54) is 25.2 Å². The highest BCUT2D eigenvalue weighted by Gasteiger charge is 2.19. The van der Waals surface area contributed by atoms with Crippen LogP contribution in [0.1, 0.15) is 21.6 Å². The molecule has 0 atom stereocenters. The fourth-order valence-electron chi connectivity index (χ4n) is 2.32. The monoisotopic (exact) mass is 314 g/mol. The first-order chi connectivity index (χ1) is 10.7. The van der Waals surface area contributed by atoms with Crippen molar-refractivity contribution in [2.75, 3.05) is 7.11 Å². The van der Waals surface area contributed by atoms with Gasteiger partial charge in [0.25, 0.3) is 0 Å². The molecule has 0 spiro atoms. The molecule has 7 heteroatoms. The van der Waals surface area contributed by atoms with Gasteiger partial charge in [0, 0.05) is 11.1 Å². The number of nitrogens with zero attached hydrogens (tertiary/aromatic N) is 3. The molecule has 0 aliphatic carbocycles. The summed E-state index contributed by atoms with van der Waals surface area (Å²) in [6.45, 7) is 1.92. The van der Waals surface area contributed by atoms with Gasteiger partial charge < -0.3 is 4.74 Å². The van der Waals surface area contributed by atoms with Gasteiger partial charge in [0.05, 0.1) is 23.9 Å². The van der Waals surface area contributed by atoms with Gasteiger partial charge in [-0.25, -0.2) is 9.78 Å². The molecule has 22 heavy (non-hydrogen) atoms. The molecule has 0 aliphatic heterocycles. The maximum absolute atomic E-state index is 12.2. The van der Waals surface area contributed by atoms with Crippen molar-refractivity contribution < 1.29 is 9.53 Å². The van der Waals surface area contributed by atoms with Crippen LogP contribution >= 0.6 is 11.8 Å². The van der Waals surface area contributed by atoms with E-state index in [4.69, 9.17) is 4.74 Å². The van der Waals surface area contributed by atoms with Gasteiger partial charge in [-0.1, -0.05) is 30.0 Å². The fourth-order valence-corrected chi connectivity index (χ4v) is 3.04. The number of carbonyl (C=O) groups is 1. The lowest BCUT2D eigenvalue weighted by Crippen LogP contribution is -2.10. The van der Waals surface area contributed by atoms with Crippen molar-refractivity contribution in [3.8, 4) is 0 Å². The minimum atomic E-state index is -0.371. The Balaban J connectivity index is 2.07. The lowest BCUT2D eigenvalue weighted by atomic mass is 10.0. The van der Waals surface area contributed by atoms with Gasteiger partial charge >= 0.3 is 5.97 Å². The summed E-state index contributed by atoms with van der Waals surface area (Å²) in [7, 11) is 1.38. The van der Waals surface area contributed by atoms with E-state index in [-0.39, 0.29) is 5.97 Å². The molecule has 1 N–H and O–H groups in total. The number of aromatic nitrogens is 4. The number of H-pyrrole nitrogens is 1. The number of ether oxygens (including phenoxy) is 1. The Morgan fingerprint density at radius 1 is 1.36 bits per heavy atom. The molecule has 0 fully saturated rings. The highest BCUT2D eigenvalue weighted by atomic mass is 32.2. The van der Waals surface area contributed by atoms with Crippen molar-refractivity contribution in [3.63, 3.8) is 0 Å². The second-order valence-corrected chi connectivity index (χ2v) is 5.61. The number of carbonyl (C=O) groups excluding carboxylic acids is 1. The molecular weight excluding hydrogens is 300 g/mol. The predicted molar refractivity (Wildman–Crippen MR) is 83.8 cm³/mol. The minimum Gasteiger partial charge on any atom is -0.465 e. The first kappa shape index (κ1) is 14.5. The molecule has 2 aromatic heterocycles. The number of fused-ring (bicyclic) bond motifs is 1. The third-order valence-electron chi connectivity index (χ3n) is 3.36. The van der Waals surface area contributed by atoms with Gasteiger partial charge in [0.2, 0.25) is 0 Å². The Bertz CT molecular complexity index is 818. The summed E-state index contributed by atoms with van der Waals surface area (Å²) >= 11 is 1.44. The molecule has 0 aliphatic rings. The second kappa shape index (κ2) is 6.15. The molecule has 0 radical (unpaired) electrons. The standard InChI is InChI=1S/C15H14N4O2S/c1-9-10-5-3-4-6-11(10)18-12(13(9)14(20)21-2)7-22-15-16-8-17-19-15/h3-6,8H,7H2,1-2H3,(H,16,17,19). The van der Waals surface area contributed by atoms with Gasteiger partial charge in [0.15, 0.2) is 5.16 Å². The number of nitrogens with one attached hydrogen (secondary N) is 1. The van der Waals surface area contributed by atoms with Crippen molar-refractivity contribution in [2.24, 2.45) is 0 Å². The minimum absolute atomic E-state index is 0.371. The first-order valence-electron chi connectivity index (χ1n) is 6.65. The summed E-state index contributed by atoms with van der Waals surface area (Å²) < 4.78 is 4.92. The van der Waals surface area contributed by atoms with Crippen LogP contribution in [0, 0.1) is 6.92 Å². The van der Waals surface area contributed by atoms with E-state index in [2.05, 4.69) is 20.2 Å². The van der Waals surface area contributed by atoms with Crippen LogP contribution in [0.25, 0.3) is 10.9 Å². The maximum atomic E-state index is 12.2. The van der Waals surface area contributed by atoms with E-state index in [0.717, 1.165) is 16.5 Å². The maximum Gasteiger partial charge on any atom is 0.340 e. The Morgan fingerprint density at radius 3 is 2.91 bits per heavy atom. The smallest absolute Gasteiger partial charge is 0.340 e. The summed E-state index contributed by atoms with van der Waals surface area (Å²) in [4.78, 5) is 20.8. The molecule has 0 amide bonds. The lowest BCUT2D eigenvalue weighted by Gasteiger charge is -2.12. The number of methoxy groups -OCH3 is 1. The summed E-state index contributed by atoms with van der Waals surface area (Å²) in [6, 6.07) is 7.75. The first-order valence-corrected chi connectivity index (χ1v) is 7.64. The number of esters is 1. The van der Waals surface area contributed by atoms with E-state index in [9.17, 15) is 4.79 Å². The number of aryl methyl sites for hydroxylation is 1. The van der Waals surface area contributed by atoms with Crippen molar-refractivity contribution in [1.29, 1.82) is 0 Å². The molecule has 0 unspecified atom stereocenters. The molecule has 112 valence electrons. The molecule has 3 rings (SSSR count). The van der Waals surface area contributed by atoms with Crippen LogP contribution in [0.5, 0.6) is 0 Å². The molecule has 1 aromatic carbocycles. The van der Waals surface area contributed by atoms with Crippen LogP contribution in [-0.4, -0.2) is 33.2 Å². The third-order valence-corrected chi connectivity index (χ3v) is 4.24. The van der Waals surface area contributed by atoms with E-state index < -0.39 is 0 Å². The Kier molecular flexibility index (Phi) is 4.06. The number of hydrogen-bond donors (Lipinski definition) is 1. The lowest BCUT2D eigenvalue weighted by molar-refractivity contribution is 0.0598. The summed E-state index contributed by atoms with van der Waals surface area (Å²) in [6.07, 6.45) is 1.45. The number of thioether (sulfide) groups is 1. The van der Waals surface area contributed by atoms with Gasteiger partial charge in [-0.2, -0.15) is 5.10 Å². The number of hydrogen-bond acceptors (Lipinski definition) is 6. The van der Waals surface area contributed by atoms with E-state index in [1.54, 1.807) is 0 Å². The summed E-state index contributed by atoms with van der Waals surface area (Å²) in [5, 5.41) is 8.23. The van der Waals surface area contributed by atoms with Gasteiger partial charge in [-0.15, -0.1) is 0 Å². The molecule has 3 aromatic rings. The molecular formula is C15H14N4O2S. The highest BCUT2D eigenvalue weighted by molar-refractivity contribution is 7.98. The molecule has 6 nitrogen and oxygen atoms in total. The Labute approximate surface area is 131 Å². The Hall–Kier alpha value is -2.41. The van der Waals surface area contributed by atoms with E-state index in [0.29, 0.717) is 22.2 Å². The van der Waals surface area contributed by atoms with E-state index in [1.807, 2.05) is 31.2 Å². The van der Waals surface area contributed by atoms with Crippen LogP contribution in [0.15, 0.2) is 35.7 Å². The topological polar surface area (TPSA) is 80.8 Å². The van der Waals surface area contributed by atoms with Gasteiger partial charge in [0.1, 0.15) is 6.33 Å². The van der Waals surface area contributed by atoms with Crippen molar-refractivity contribution in [2.45, 2.75) is 17.8 Å². The fraction of sp³-hybridized carbons (Fsp3) is 0.200.